The van der Waals surface area contributed by atoms with Crippen molar-refractivity contribution in [1.82, 2.24) is 19.8 Å². The first kappa shape index (κ1) is 27.7. The fraction of sp³-hybridized carbons (Fsp3) is 0.483. The maximum atomic E-state index is 13.3. The molecule has 0 radical (unpaired) electrons. The molecule has 7 heteroatoms. The molecule has 1 aromatic heterocycles. The van der Waals surface area contributed by atoms with Crippen LogP contribution in [0.25, 0.3) is 11.0 Å². The molecule has 1 N–H and O–H groups in total. The van der Waals surface area contributed by atoms with E-state index in [1.165, 1.54) is 0 Å². The highest BCUT2D eigenvalue weighted by molar-refractivity contribution is 6.30. The van der Waals surface area contributed by atoms with E-state index in [1.807, 2.05) is 29.2 Å². The van der Waals surface area contributed by atoms with E-state index < -0.39 is 0 Å². The van der Waals surface area contributed by atoms with Gasteiger partial charge in [-0.3, -0.25) is 9.59 Å². The average Bonchev–Trinajstić information content (AvgIpc) is 3.17. The van der Waals surface area contributed by atoms with Crippen LogP contribution in [0.5, 0.6) is 0 Å². The molecule has 1 heterocycles. The largest absolute Gasteiger partial charge is 0.352 e. The molecule has 0 unspecified atom stereocenters. The zero-order chi connectivity index (χ0) is 26.1. The summed E-state index contributed by atoms with van der Waals surface area (Å²) in [7, 11) is 0. The van der Waals surface area contributed by atoms with E-state index in [1.54, 1.807) is 24.3 Å². The third kappa shape index (κ3) is 8.09. The average molecular weight is 511 g/mol. The van der Waals surface area contributed by atoms with Crippen molar-refractivity contribution < 1.29 is 9.59 Å². The lowest BCUT2D eigenvalue weighted by molar-refractivity contribution is -0.132. The quantitative estimate of drug-likeness (QED) is 0.288. The number of amides is 2. The summed E-state index contributed by atoms with van der Waals surface area (Å²) in [6, 6.07) is 14.9. The minimum absolute atomic E-state index is 0.0840. The number of nitrogens with one attached hydrogen (secondary N) is 1. The van der Waals surface area contributed by atoms with Crippen molar-refractivity contribution in [2.75, 3.05) is 19.6 Å². The van der Waals surface area contributed by atoms with Crippen LogP contribution in [-0.2, 0) is 17.8 Å². The number of unbranched alkanes of at least 4 members (excludes halogenated alkanes) is 2. The predicted molar refractivity (Wildman–Crippen MR) is 147 cm³/mol. The maximum absolute atomic E-state index is 13.3. The summed E-state index contributed by atoms with van der Waals surface area (Å²) in [5, 5.41) is 3.58. The number of benzene rings is 2. The molecule has 0 atom stereocenters. The molecule has 0 aliphatic carbocycles. The second-order valence-electron chi connectivity index (χ2n) is 10.3. The summed E-state index contributed by atoms with van der Waals surface area (Å²) in [5.74, 6) is 1.86. The van der Waals surface area contributed by atoms with Crippen molar-refractivity contribution in [2.24, 2.45) is 11.8 Å². The molecule has 0 aliphatic rings. The Labute approximate surface area is 220 Å². The molecule has 0 bridgehead atoms. The van der Waals surface area contributed by atoms with Gasteiger partial charge in [0, 0.05) is 36.6 Å². The number of para-hydroxylation sites is 2. The monoisotopic (exact) mass is 510 g/mol. The highest BCUT2D eigenvalue weighted by atomic mass is 35.5. The van der Waals surface area contributed by atoms with Gasteiger partial charge in [0.15, 0.2) is 0 Å². The molecular weight excluding hydrogens is 472 g/mol. The summed E-state index contributed by atoms with van der Waals surface area (Å²) in [5.41, 5.74) is 2.54. The zero-order valence-corrected chi connectivity index (χ0v) is 22.7. The molecular formula is C29H39ClN4O2. The number of carbonyl (C=O) groups excluding carboxylic acids is 2. The van der Waals surface area contributed by atoms with Gasteiger partial charge in [-0.25, -0.2) is 4.98 Å². The lowest BCUT2D eigenvalue weighted by atomic mass is 10.1. The first-order chi connectivity index (χ1) is 17.2. The SMILES string of the molecule is CC(C)CN(CC(C)C)C(=O)Cn1c(CCCCCNC(=O)c2ccc(Cl)cc2)nc2ccccc21. The summed E-state index contributed by atoms with van der Waals surface area (Å²) in [6.45, 7) is 11.1. The van der Waals surface area contributed by atoms with E-state index in [-0.39, 0.29) is 11.8 Å². The summed E-state index contributed by atoms with van der Waals surface area (Å²) in [4.78, 5) is 32.4. The van der Waals surface area contributed by atoms with E-state index in [2.05, 4.69) is 37.6 Å². The molecule has 194 valence electrons. The molecule has 36 heavy (non-hydrogen) atoms. The van der Waals surface area contributed by atoms with E-state index in [4.69, 9.17) is 16.6 Å². The Balaban J connectivity index is 1.57. The van der Waals surface area contributed by atoms with Crippen LogP contribution in [0.1, 0.15) is 63.1 Å². The Morgan fingerprint density at radius 2 is 1.61 bits per heavy atom. The van der Waals surface area contributed by atoms with Crippen LogP contribution in [0.2, 0.25) is 5.02 Å². The van der Waals surface area contributed by atoms with Gasteiger partial charge >= 0.3 is 0 Å². The maximum Gasteiger partial charge on any atom is 0.251 e. The molecule has 0 saturated heterocycles. The van der Waals surface area contributed by atoms with Crippen molar-refractivity contribution >= 4 is 34.4 Å². The molecule has 0 aliphatic heterocycles. The van der Waals surface area contributed by atoms with Crippen molar-refractivity contribution in [1.29, 1.82) is 0 Å². The van der Waals surface area contributed by atoms with Gasteiger partial charge in [-0.2, -0.15) is 0 Å². The molecule has 3 rings (SSSR count). The number of halogens is 1. The minimum Gasteiger partial charge on any atom is -0.352 e. The number of aryl methyl sites for hydroxylation is 1. The smallest absolute Gasteiger partial charge is 0.251 e. The number of nitrogens with zero attached hydrogens (tertiary/aromatic N) is 3. The van der Waals surface area contributed by atoms with Crippen LogP contribution in [0.3, 0.4) is 0 Å². The molecule has 2 amide bonds. The number of carbonyl (C=O) groups is 2. The standard InChI is InChI=1S/C29H39ClN4O2/c1-21(2)18-33(19-22(3)4)28(35)20-34-26-11-8-7-10-25(26)32-27(34)12-6-5-9-17-31-29(36)23-13-15-24(30)16-14-23/h7-8,10-11,13-16,21-22H,5-6,9,12,17-20H2,1-4H3,(H,31,36). The predicted octanol–water partition coefficient (Wildman–Crippen LogP) is 5.97. The van der Waals surface area contributed by atoms with Gasteiger partial charge < -0.3 is 14.8 Å². The van der Waals surface area contributed by atoms with E-state index in [0.29, 0.717) is 35.5 Å². The highest BCUT2D eigenvalue weighted by Crippen LogP contribution is 2.19. The van der Waals surface area contributed by atoms with Gasteiger partial charge in [0.1, 0.15) is 12.4 Å². The molecule has 6 nitrogen and oxygen atoms in total. The molecule has 2 aromatic carbocycles. The van der Waals surface area contributed by atoms with Gasteiger partial charge in [-0.05, 0) is 61.1 Å². The molecule has 0 saturated carbocycles. The first-order valence-corrected chi connectivity index (χ1v) is 13.4. The number of hydrogen-bond donors (Lipinski definition) is 1. The van der Waals surface area contributed by atoms with E-state index >= 15 is 0 Å². The van der Waals surface area contributed by atoms with Crippen molar-refractivity contribution in [3.63, 3.8) is 0 Å². The number of imidazole rings is 1. The van der Waals surface area contributed by atoms with Crippen molar-refractivity contribution in [3.05, 3.63) is 64.9 Å². The number of rotatable bonds is 13. The number of hydrogen-bond acceptors (Lipinski definition) is 3. The van der Waals surface area contributed by atoms with Crippen LogP contribution >= 0.6 is 11.6 Å². The van der Waals surface area contributed by atoms with Gasteiger partial charge in [-0.15, -0.1) is 0 Å². The fourth-order valence-corrected chi connectivity index (χ4v) is 4.50. The Morgan fingerprint density at radius 1 is 0.944 bits per heavy atom. The highest BCUT2D eigenvalue weighted by Gasteiger charge is 2.20. The summed E-state index contributed by atoms with van der Waals surface area (Å²) in [6.07, 6.45) is 3.58. The lowest BCUT2D eigenvalue weighted by Gasteiger charge is -2.27. The van der Waals surface area contributed by atoms with Crippen molar-refractivity contribution in [2.45, 2.75) is 59.9 Å². The fourth-order valence-electron chi connectivity index (χ4n) is 4.38. The van der Waals surface area contributed by atoms with Crippen LogP contribution in [0.15, 0.2) is 48.5 Å². The zero-order valence-electron chi connectivity index (χ0n) is 22.0. The summed E-state index contributed by atoms with van der Waals surface area (Å²) >= 11 is 5.89. The van der Waals surface area contributed by atoms with Gasteiger partial charge in [0.05, 0.1) is 11.0 Å². The topological polar surface area (TPSA) is 67.2 Å². The Bertz CT molecular complexity index is 1130. The first-order valence-electron chi connectivity index (χ1n) is 13.0. The molecule has 0 spiro atoms. The number of aromatic nitrogens is 2. The minimum atomic E-state index is -0.0840. The normalized spacial score (nSPS) is 11.4. The van der Waals surface area contributed by atoms with Crippen LogP contribution in [-0.4, -0.2) is 45.9 Å². The van der Waals surface area contributed by atoms with Crippen LogP contribution in [0.4, 0.5) is 0 Å². The van der Waals surface area contributed by atoms with Gasteiger partial charge in [0.25, 0.3) is 5.91 Å². The Morgan fingerprint density at radius 3 is 2.28 bits per heavy atom. The molecule has 3 aromatic rings. The van der Waals surface area contributed by atoms with E-state index in [9.17, 15) is 9.59 Å². The van der Waals surface area contributed by atoms with Crippen molar-refractivity contribution in [3.8, 4) is 0 Å². The third-order valence-electron chi connectivity index (χ3n) is 6.02. The van der Waals surface area contributed by atoms with Crippen LogP contribution < -0.4 is 5.32 Å². The van der Waals surface area contributed by atoms with E-state index in [0.717, 1.165) is 55.6 Å². The Hall–Kier alpha value is -2.86. The number of fused-ring (bicyclic) bond motifs is 1. The van der Waals surface area contributed by atoms with Gasteiger partial charge in [0.2, 0.25) is 5.91 Å². The second kappa shape index (κ2) is 13.4. The summed E-state index contributed by atoms with van der Waals surface area (Å²) < 4.78 is 2.09. The molecule has 0 fully saturated rings. The third-order valence-corrected chi connectivity index (χ3v) is 6.27. The lowest BCUT2D eigenvalue weighted by Crippen LogP contribution is -2.39. The second-order valence-corrected chi connectivity index (χ2v) is 10.7. The Kier molecular flexibility index (Phi) is 10.4. The van der Waals surface area contributed by atoms with Crippen LogP contribution in [0, 0.1) is 11.8 Å². The van der Waals surface area contributed by atoms with Gasteiger partial charge in [-0.1, -0.05) is 57.8 Å².